The van der Waals surface area contributed by atoms with Crippen molar-refractivity contribution < 1.29 is 14.3 Å². The molecule has 104 valence electrons. The fourth-order valence-corrected chi connectivity index (χ4v) is 2.97. The van der Waals surface area contributed by atoms with Gasteiger partial charge in [0.15, 0.2) is 0 Å². The Hall–Kier alpha value is -0.940. The van der Waals surface area contributed by atoms with Crippen LogP contribution in [0.2, 0.25) is 0 Å². The Kier molecular flexibility index (Phi) is 4.58. The lowest BCUT2D eigenvalue weighted by atomic mass is 9.90. The zero-order chi connectivity index (χ0) is 14.0. The standard InChI is InChI=1S/C14H17BrFNO2/c1-9-12(14(18)19)3-2-6-17(9)8-10-4-5-11(15)7-13(10)16/h4-5,7,9,12H,2-3,6,8H2,1H3,(H,18,19)/t9-,12-/m1/s1. The van der Waals surface area contributed by atoms with Gasteiger partial charge in [0.25, 0.3) is 0 Å². The molecule has 0 aromatic heterocycles. The second-order valence-corrected chi connectivity index (χ2v) is 5.95. The summed E-state index contributed by atoms with van der Waals surface area (Å²) in [5.74, 6) is -1.36. The number of carboxylic acids is 1. The molecule has 0 bridgehead atoms. The molecule has 1 saturated heterocycles. The SMILES string of the molecule is C[C@@H]1[C@H](C(=O)O)CCCN1Cc1ccc(Br)cc1F. The van der Waals surface area contributed by atoms with Gasteiger partial charge in [-0.15, -0.1) is 0 Å². The normalized spacial score (nSPS) is 24.4. The summed E-state index contributed by atoms with van der Waals surface area (Å²) in [6.07, 6.45) is 1.55. The summed E-state index contributed by atoms with van der Waals surface area (Å²) in [6.45, 7) is 3.19. The van der Waals surface area contributed by atoms with E-state index in [1.807, 2.05) is 13.0 Å². The highest BCUT2D eigenvalue weighted by molar-refractivity contribution is 9.10. The van der Waals surface area contributed by atoms with Crippen LogP contribution in [0.3, 0.4) is 0 Å². The van der Waals surface area contributed by atoms with Gasteiger partial charge in [-0.2, -0.15) is 0 Å². The molecule has 1 aliphatic rings. The Bertz CT molecular complexity index is 481. The van der Waals surface area contributed by atoms with Crippen molar-refractivity contribution in [2.45, 2.75) is 32.4 Å². The van der Waals surface area contributed by atoms with Crippen LogP contribution >= 0.6 is 15.9 Å². The van der Waals surface area contributed by atoms with Crippen LogP contribution in [0.15, 0.2) is 22.7 Å². The first-order chi connectivity index (χ1) is 8.99. The summed E-state index contributed by atoms with van der Waals surface area (Å²) in [5.41, 5.74) is 0.612. The van der Waals surface area contributed by atoms with Crippen LogP contribution < -0.4 is 0 Å². The summed E-state index contributed by atoms with van der Waals surface area (Å²) < 4.78 is 14.5. The van der Waals surface area contributed by atoms with Crippen LogP contribution in [0.5, 0.6) is 0 Å². The Morgan fingerprint density at radius 2 is 2.32 bits per heavy atom. The first-order valence-electron chi connectivity index (χ1n) is 6.40. The fraction of sp³-hybridized carbons (Fsp3) is 0.500. The van der Waals surface area contributed by atoms with Crippen LogP contribution in [0, 0.1) is 11.7 Å². The highest BCUT2D eigenvalue weighted by atomic mass is 79.9. The van der Waals surface area contributed by atoms with E-state index in [1.165, 1.54) is 6.07 Å². The highest BCUT2D eigenvalue weighted by Gasteiger charge is 2.32. The molecule has 1 fully saturated rings. The van der Waals surface area contributed by atoms with E-state index in [0.717, 1.165) is 13.0 Å². The van der Waals surface area contributed by atoms with Gasteiger partial charge in [-0.3, -0.25) is 9.69 Å². The average Bonchev–Trinajstić information content (AvgIpc) is 2.34. The number of halogens is 2. The van der Waals surface area contributed by atoms with Gasteiger partial charge < -0.3 is 5.11 Å². The second-order valence-electron chi connectivity index (χ2n) is 5.03. The van der Waals surface area contributed by atoms with Crippen molar-refractivity contribution >= 4 is 21.9 Å². The maximum absolute atomic E-state index is 13.8. The van der Waals surface area contributed by atoms with Crippen LogP contribution in [-0.4, -0.2) is 28.6 Å². The minimum Gasteiger partial charge on any atom is -0.481 e. The van der Waals surface area contributed by atoms with Crippen molar-refractivity contribution in [3.8, 4) is 0 Å². The number of hydrogen-bond acceptors (Lipinski definition) is 2. The van der Waals surface area contributed by atoms with Gasteiger partial charge in [-0.25, -0.2) is 4.39 Å². The molecule has 1 aliphatic heterocycles. The lowest BCUT2D eigenvalue weighted by Gasteiger charge is -2.37. The molecule has 1 N–H and O–H groups in total. The maximum atomic E-state index is 13.8. The van der Waals surface area contributed by atoms with Gasteiger partial charge in [0.1, 0.15) is 5.82 Å². The van der Waals surface area contributed by atoms with Gasteiger partial charge in [0.2, 0.25) is 0 Å². The number of nitrogens with zero attached hydrogens (tertiary/aromatic N) is 1. The highest BCUT2D eigenvalue weighted by Crippen LogP contribution is 2.26. The first-order valence-corrected chi connectivity index (χ1v) is 7.19. The van der Waals surface area contributed by atoms with Gasteiger partial charge >= 0.3 is 5.97 Å². The predicted octanol–water partition coefficient (Wildman–Crippen LogP) is 3.27. The van der Waals surface area contributed by atoms with Crippen LogP contribution in [0.1, 0.15) is 25.3 Å². The van der Waals surface area contributed by atoms with Gasteiger partial charge in [0, 0.05) is 22.6 Å². The molecule has 19 heavy (non-hydrogen) atoms. The number of carboxylic acid groups (broad SMARTS) is 1. The zero-order valence-electron chi connectivity index (χ0n) is 10.8. The molecule has 0 saturated carbocycles. The molecule has 0 amide bonds. The van der Waals surface area contributed by atoms with E-state index in [4.69, 9.17) is 0 Å². The third kappa shape index (κ3) is 3.34. The monoisotopic (exact) mass is 329 g/mol. The van der Waals surface area contributed by atoms with Gasteiger partial charge in [-0.1, -0.05) is 22.0 Å². The molecule has 5 heteroatoms. The van der Waals surface area contributed by atoms with Crippen molar-refractivity contribution in [3.05, 3.63) is 34.1 Å². The smallest absolute Gasteiger partial charge is 0.308 e. The summed E-state index contributed by atoms with van der Waals surface area (Å²) in [7, 11) is 0. The molecular formula is C14H17BrFNO2. The van der Waals surface area contributed by atoms with E-state index in [0.29, 0.717) is 23.0 Å². The second kappa shape index (κ2) is 6.01. The molecule has 0 spiro atoms. The lowest BCUT2D eigenvalue weighted by Crippen LogP contribution is -2.45. The van der Waals surface area contributed by atoms with Crippen molar-refractivity contribution in [2.75, 3.05) is 6.54 Å². The van der Waals surface area contributed by atoms with Crippen LogP contribution in [0.4, 0.5) is 4.39 Å². The number of carbonyl (C=O) groups is 1. The molecule has 0 unspecified atom stereocenters. The number of rotatable bonds is 3. The van der Waals surface area contributed by atoms with Crippen LogP contribution in [0.25, 0.3) is 0 Å². The summed E-state index contributed by atoms with van der Waals surface area (Å²) >= 11 is 3.23. The number of piperidine rings is 1. The third-order valence-corrected chi connectivity index (χ3v) is 4.32. The van der Waals surface area contributed by atoms with Crippen molar-refractivity contribution in [2.24, 2.45) is 5.92 Å². The zero-order valence-corrected chi connectivity index (χ0v) is 12.4. The lowest BCUT2D eigenvalue weighted by molar-refractivity contribution is -0.145. The van der Waals surface area contributed by atoms with Crippen molar-refractivity contribution in [1.29, 1.82) is 0 Å². The molecule has 0 aliphatic carbocycles. The third-order valence-electron chi connectivity index (χ3n) is 3.82. The number of likely N-dealkylation sites (tertiary alicyclic amines) is 1. The largest absolute Gasteiger partial charge is 0.481 e. The molecule has 1 heterocycles. The van der Waals surface area contributed by atoms with E-state index in [2.05, 4.69) is 20.8 Å². The Morgan fingerprint density at radius 1 is 1.58 bits per heavy atom. The minimum absolute atomic E-state index is 0.0608. The molecule has 2 atom stereocenters. The van der Waals surface area contributed by atoms with Crippen LogP contribution in [-0.2, 0) is 11.3 Å². The molecule has 1 aromatic rings. The predicted molar refractivity (Wildman–Crippen MR) is 74.3 cm³/mol. The summed E-state index contributed by atoms with van der Waals surface area (Å²) in [5, 5.41) is 9.18. The van der Waals surface area contributed by atoms with E-state index in [9.17, 15) is 14.3 Å². The molecule has 2 rings (SSSR count). The molecule has 0 radical (unpaired) electrons. The minimum atomic E-state index is -0.756. The fourth-order valence-electron chi connectivity index (χ4n) is 2.64. The number of aliphatic carboxylic acids is 1. The molecular weight excluding hydrogens is 313 g/mol. The van der Waals surface area contributed by atoms with E-state index < -0.39 is 5.97 Å². The van der Waals surface area contributed by atoms with E-state index >= 15 is 0 Å². The number of hydrogen-bond donors (Lipinski definition) is 1. The Morgan fingerprint density at radius 3 is 2.95 bits per heavy atom. The van der Waals surface area contributed by atoms with Gasteiger partial charge in [0.05, 0.1) is 5.92 Å². The van der Waals surface area contributed by atoms with E-state index in [1.54, 1.807) is 6.07 Å². The average molecular weight is 330 g/mol. The van der Waals surface area contributed by atoms with E-state index in [-0.39, 0.29) is 17.8 Å². The first kappa shape index (κ1) is 14.5. The molecule has 1 aromatic carbocycles. The number of benzene rings is 1. The topological polar surface area (TPSA) is 40.5 Å². The quantitative estimate of drug-likeness (QED) is 0.925. The van der Waals surface area contributed by atoms with Gasteiger partial charge in [-0.05, 0) is 38.4 Å². The maximum Gasteiger partial charge on any atom is 0.308 e. The Labute approximate surface area is 120 Å². The summed E-state index contributed by atoms with van der Waals surface area (Å²) in [6, 6.07) is 4.94. The van der Waals surface area contributed by atoms with Crippen molar-refractivity contribution in [1.82, 2.24) is 4.90 Å². The summed E-state index contributed by atoms with van der Waals surface area (Å²) in [4.78, 5) is 13.2. The van der Waals surface area contributed by atoms with Crippen molar-refractivity contribution in [3.63, 3.8) is 0 Å². The Balaban J connectivity index is 2.11. The molecule has 3 nitrogen and oxygen atoms in total.